The summed E-state index contributed by atoms with van der Waals surface area (Å²) in [5.41, 5.74) is 2.20. The number of hydrogen-bond donors (Lipinski definition) is 2. The molecule has 8 nitrogen and oxygen atoms in total. The number of H-pyrrole nitrogens is 1. The third-order valence-corrected chi connectivity index (χ3v) is 7.30. The number of nitrogens with two attached hydrogens (primary N) is 1. The molecule has 0 saturated heterocycles. The molecule has 1 aromatic carbocycles. The Labute approximate surface area is 194 Å². The summed E-state index contributed by atoms with van der Waals surface area (Å²) in [6.45, 7) is 10.7. The first-order valence-corrected chi connectivity index (χ1v) is 12.0. The van der Waals surface area contributed by atoms with Crippen molar-refractivity contribution >= 4 is 33.3 Å². The average Bonchev–Trinajstić information content (AvgIpc) is 3.23. The van der Waals surface area contributed by atoms with Gasteiger partial charge in [-0.25, -0.2) is 9.66 Å². The van der Waals surface area contributed by atoms with Crippen LogP contribution in [0, 0.1) is 13.8 Å². The van der Waals surface area contributed by atoms with E-state index in [0.717, 1.165) is 21.0 Å². The molecule has 0 aliphatic heterocycles. The smallest absolute Gasteiger partial charge is 0.259 e. The minimum Gasteiger partial charge on any atom is -0.486 e. The normalized spacial score (nSPS) is 11.9. The Hall–Kier alpha value is -2.85. The molecule has 3 aromatic heterocycles. The molecule has 0 radical (unpaired) electrons. The molecule has 0 aliphatic rings. The van der Waals surface area contributed by atoms with Gasteiger partial charge in [0, 0.05) is 4.88 Å². The highest BCUT2D eigenvalue weighted by molar-refractivity contribution is 7.98. The van der Waals surface area contributed by atoms with Crippen LogP contribution in [0.4, 0.5) is 0 Å². The highest BCUT2D eigenvalue weighted by Gasteiger charge is 2.16. The first-order chi connectivity index (χ1) is 15.1. The predicted octanol–water partition coefficient (Wildman–Crippen LogP) is 4.08. The Kier molecular flexibility index (Phi) is 6.00. The van der Waals surface area contributed by atoms with Gasteiger partial charge in [0.25, 0.3) is 5.56 Å². The van der Waals surface area contributed by atoms with Gasteiger partial charge in [0.2, 0.25) is 5.16 Å². The van der Waals surface area contributed by atoms with Crippen molar-refractivity contribution in [2.24, 2.45) is 0 Å². The number of ether oxygens (including phenoxy) is 1. The number of nitrogen functional groups attached to an aromatic ring is 1. The third-order valence-electron chi connectivity index (χ3n) is 5.25. The maximum atomic E-state index is 12.4. The molecule has 0 atom stereocenters. The number of nitrogens with zero attached hydrogens (tertiary/aromatic N) is 4. The van der Waals surface area contributed by atoms with E-state index in [1.165, 1.54) is 33.3 Å². The molecule has 3 N–H and O–H groups in total. The van der Waals surface area contributed by atoms with E-state index < -0.39 is 0 Å². The number of fused-ring (bicyclic) bond motifs is 1. The Morgan fingerprint density at radius 3 is 2.59 bits per heavy atom. The number of hydrogen-bond acceptors (Lipinski definition) is 8. The zero-order chi connectivity index (χ0) is 23.0. The van der Waals surface area contributed by atoms with Crippen LogP contribution in [0.1, 0.15) is 48.4 Å². The van der Waals surface area contributed by atoms with Gasteiger partial charge in [-0.15, -0.1) is 21.5 Å². The Morgan fingerprint density at radius 1 is 1.19 bits per heavy atom. The van der Waals surface area contributed by atoms with Crippen LogP contribution in [-0.4, -0.2) is 24.8 Å². The predicted molar refractivity (Wildman–Crippen MR) is 129 cm³/mol. The molecule has 0 saturated carbocycles. The standard InChI is InChI=1S/C22H26N6O2S2/c1-12-13(2)32-20-18(12)19(29)24-16(25-20)11-31-21-27-26-17(28(21)23)10-30-15-8-6-14(7-9-15)22(3,4)5/h6-9H,10-11,23H2,1-5H3,(H,24,25,29). The van der Waals surface area contributed by atoms with Crippen molar-refractivity contribution < 1.29 is 4.74 Å². The zero-order valence-corrected chi connectivity index (χ0v) is 20.4. The van der Waals surface area contributed by atoms with Crippen molar-refractivity contribution in [2.75, 3.05) is 5.84 Å². The fraction of sp³-hybridized carbons (Fsp3) is 0.364. The lowest BCUT2D eigenvalue weighted by atomic mass is 9.87. The Morgan fingerprint density at radius 2 is 1.91 bits per heavy atom. The molecule has 168 valence electrons. The topological polar surface area (TPSA) is 112 Å². The lowest BCUT2D eigenvalue weighted by Crippen LogP contribution is -2.16. The molecule has 0 bridgehead atoms. The van der Waals surface area contributed by atoms with Crippen LogP contribution in [0.25, 0.3) is 10.2 Å². The van der Waals surface area contributed by atoms with Gasteiger partial charge >= 0.3 is 0 Å². The van der Waals surface area contributed by atoms with E-state index in [0.29, 0.717) is 27.9 Å². The maximum Gasteiger partial charge on any atom is 0.259 e. The summed E-state index contributed by atoms with van der Waals surface area (Å²) in [5.74, 6) is 8.41. The number of benzene rings is 1. The molecule has 10 heteroatoms. The first kappa shape index (κ1) is 22.3. The summed E-state index contributed by atoms with van der Waals surface area (Å²) in [4.78, 5) is 21.7. The lowest BCUT2D eigenvalue weighted by Gasteiger charge is -2.19. The molecule has 0 amide bonds. The van der Waals surface area contributed by atoms with Crippen molar-refractivity contribution in [1.82, 2.24) is 24.8 Å². The Balaban J connectivity index is 1.41. The third kappa shape index (κ3) is 4.51. The van der Waals surface area contributed by atoms with E-state index in [1.54, 1.807) is 0 Å². The number of thioether (sulfide) groups is 1. The van der Waals surface area contributed by atoms with Crippen molar-refractivity contribution in [2.45, 2.75) is 57.5 Å². The summed E-state index contributed by atoms with van der Waals surface area (Å²) in [7, 11) is 0. The molecule has 0 aliphatic carbocycles. The van der Waals surface area contributed by atoms with Crippen molar-refractivity contribution in [3.63, 3.8) is 0 Å². The molecule has 32 heavy (non-hydrogen) atoms. The molecular formula is C22H26N6O2S2. The quantitative estimate of drug-likeness (QED) is 0.323. The average molecular weight is 471 g/mol. The molecule has 4 aromatic rings. The lowest BCUT2D eigenvalue weighted by molar-refractivity contribution is 0.291. The van der Waals surface area contributed by atoms with E-state index in [2.05, 4.69) is 53.1 Å². The summed E-state index contributed by atoms with van der Waals surface area (Å²) in [6, 6.07) is 8.01. The Bertz CT molecular complexity index is 1320. The second-order valence-electron chi connectivity index (χ2n) is 8.60. The summed E-state index contributed by atoms with van der Waals surface area (Å²) in [5, 5.41) is 9.47. The van der Waals surface area contributed by atoms with Crippen molar-refractivity contribution in [3.05, 3.63) is 62.3 Å². The number of rotatable bonds is 6. The highest BCUT2D eigenvalue weighted by Crippen LogP contribution is 2.27. The number of aryl methyl sites for hydroxylation is 2. The van der Waals surface area contributed by atoms with Gasteiger partial charge in [-0.05, 0) is 42.5 Å². The molecule has 0 spiro atoms. The minimum atomic E-state index is -0.117. The second kappa shape index (κ2) is 8.59. The molecule has 0 fully saturated rings. The number of aromatic nitrogens is 5. The molecular weight excluding hydrogens is 444 g/mol. The fourth-order valence-electron chi connectivity index (χ4n) is 3.20. The van der Waals surface area contributed by atoms with Crippen LogP contribution in [0.3, 0.4) is 0 Å². The highest BCUT2D eigenvalue weighted by atomic mass is 32.2. The van der Waals surface area contributed by atoms with Gasteiger partial charge in [0.05, 0.1) is 11.1 Å². The van der Waals surface area contributed by atoms with E-state index in [1.807, 2.05) is 26.0 Å². The van der Waals surface area contributed by atoms with Gasteiger partial charge < -0.3 is 15.6 Å². The first-order valence-electron chi connectivity index (χ1n) is 10.2. The maximum absolute atomic E-state index is 12.4. The number of thiophene rings is 1. The van der Waals surface area contributed by atoms with Gasteiger partial charge in [-0.1, -0.05) is 44.7 Å². The fourth-order valence-corrected chi connectivity index (χ4v) is 5.00. The van der Waals surface area contributed by atoms with Gasteiger partial charge in [-0.3, -0.25) is 4.79 Å². The molecule has 3 heterocycles. The van der Waals surface area contributed by atoms with E-state index in [9.17, 15) is 4.79 Å². The van der Waals surface area contributed by atoms with Crippen LogP contribution in [-0.2, 0) is 17.8 Å². The largest absolute Gasteiger partial charge is 0.486 e. The van der Waals surface area contributed by atoms with E-state index in [-0.39, 0.29) is 17.6 Å². The van der Waals surface area contributed by atoms with Crippen LogP contribution in [0.15, 0.2) is 34.2 Å². The number of nitrogens with one attached hydrogen (secondary N) is 1. The summed E-state index contributed by atoms with van der Waals surface area (Å²) in [6.07, 6.45) is 0. The van der Waals surface area contributed by atoms with Gasteiger partial charge in [0.15, 0.2) is 5.82 Å². The SMILES string of the molecule is Cc1sc2nc(CSc3nnc(COc4ccc(C(C)(C)C)cc4)n3N)[nH]c(=O)c2c1C. The second-order valence-corrected chi connectivity index (χ2v) is 10.7. The summed E-state index contributed by atoms with van der Waals surface area (Å²) >= 11 is 2.88. The van der Waals surface area contributed by atoms with Crippen LogP contribution in [0.5, 0.6) is 5.75 Å². The zero-order valence-electron chi connectivity index (χ0n) is 18.7. The van der Waals surface area contributed by atoms with Crippen molar-refractivity contribution in [3.8, 4) is 5.75 Å². The van der Waals surface area contributed by atoms with Crippen LogP contribution < -0.4 is 16.1 Å². The minimum absolute atomic E-state index is 0.0902. The van der Waals surface area contributed by atoms with Crippen LogP contribution in [0.2, 0.25) is 0 Å². The summed E-state index contributed by atoms with van der Waals surface area (Å²) < 4.78 is 7.23. The van der Waals surface area contributed by atoms with Crippen molar-refractivity contribution in [1.29, 1.82) is 0 Å². The molecule has 0 unspecified atom stereocenters. The molecule has 4 rings (SSSR count). The van der Waals surface area contributed by atoms with E-state index in [4.69, 9.17) is 10.6 Å². The van der Waals surface area contributed by atoms with E-state index >= 15 is 0 Å². The van der Waals surface area contributed by atoms with Gasteiger partial charge in [0.1, 0.15) is 23.0 Å². The van der Waals surface area contributed by atoms with Gasteiger partial charge in [-0.2, -0.15) is 0 Å². The monoisotopic (exact) mass is 470 g/mol. The van der Waals surface area contributed by atoms with Crippen LogP contribution >= 0.6 is 23.1 Å². The number of aromatic amines is 1.